The van der Waals surface area contributed by atoms with Gasteiger partial charge in [-0.2, -0.15) is 0 Å². The van der Waals surface area contributed by atoms with Crippen molar-refractivity contribution < 1.29 is 14.3 Å². The molecule has 1 atom stereocenters. The molecule has 3 N–H and O–H groups in total. The number of benzene rings is 1. The minimum atomic E-state index is -0.359. The second-order valence-corrected chi connectivity index (χ2v) is 6.50. The molecule has 2 amide bonds. The van der Waals surface area contributed by atoms with Crippen LogP contribution in [0.1, 0.15) is 31.4 Å². The van der Waals surface area contributed by atoms with Gasteiger partial charge in [-0.25, -0.2) is 9.18 Å². The van der Waals surface area contributed by atoms with Gasteiger partial charge in [-0.3, -0.25) is 0 Å². The lowest BCUT2D eigenvalue weighted by molar-refractivity contribution is 0.206. The molecule has 130 valence electrons. The average molecular weight is 325 g/mol. The van der Waals surface area contributed by atoms with Crippen LogP contribution < -0.4 is 10.6 Å². The SMILES string of the molecule is CC(C)CC(CO)NC(=O)NCc1ccc(CN(C)C)c(F)c1. The zero-order valence-corrected chi connectivity index (χ0v) is 14.4. The van der Waals surface area contributed by atoms with E-state index in [4.69, 9.17) is 0 Å². The number of rotatable bonds is 8. The quantitative estimate of drug-likeness (QED) is 0.686. The van der Waals surface area contributed by atoms with Crippen LogP contribution in [0.3, 0.4) is 0 Å². The number of carbonyl (C=O) groups is 1. The van der Waals surface area contributed by atoms with Gasteiger partial charge in [-0.15, -0.1) is 0 Å². The monoisotopic (exact) mass is 325 g/mol. The lowest BCUT2D eigenvalue weighted by Gasteiger charge is -2.18. The molecule has 0 saturated carbocycles. The van der Waals surface area contributed by atoms with Gasteiger partial charge in [0.1, 0.15) is 5.82 Å². The highest BCUT2D eigenvalue weighted by atomic mass is 19.1. The van der Waals surface area contributed by atoms with Crippen molar-refractivity contribution >= 4 is 6.03 Å². The van der Waals surface area contributed by atoms with E-state index in [1.54, 1.807) is 12.1 Å². The maximum Gasteiger partial charge on any atom is 0.315 e. The van der Waals surface area contributed by atoms with Gasteiger partial charge in [0, 0.05) is 18.7 Å². The molecule has 0 aliphatic heterocycles. The first-order valence-corrected chi connectivity index (χ1v) is 7.89. The Kier molecular flexibility index (Phi) is 7.98. The first-order chi connectivity index (χ1) is 10.8. The Hall–Kier alpha value is -1.66. The highest BCUT2D eigenvalue weighted by molar-refractivity contribution is 5.74. The van der Waals surface area contributed by atoms with E-state index >= 15 is 0 Å². The molecule has 1 unspecified atom stereocenters. The van der Waals surface area contributed by atoms with Crippen molar-refractivity contribution in [2.75, 3.05) is 20.7 Å². The van der Waals surface area contributed by atoms with Crippen molar-refractivity contribution in [1.29, 1.82) is 0 Å². The van der Waals surface area contributed by atoms with Gasteiger partial charge in [0.05, 0.1) is 12.6 Å². The summed E-state index contributed by atoms with van der Waals surface area (Å²) >= 11 is 0. The van der Waals surface area contributed by atoms with Crippen LogP contribution in [0, 0.1) is 11.7 Å². The number of aliphatic hydroxyl groups is 1. The van der Waals surface area contributed by atoms with E-state index in [2.05, 4.69) is 10.6 Å². The Morgan fingerprint density at radius 3 is 2.57 bits per heavy atom. The van der Waals surface area contributed by atoms with Crippen molar-refractivity contribution in [3.05, 3.63) is 35.1 Å². The molecule has 0 bridgehead atoms. The third-order valence-corrected chi connectivity index (χ3v) is 3.37. The second kappa shape index (κ2) is 9.47. The van der Waals surface area contributed by atoms with E-state index in [0.717, 1.165) is 0 Å². The number of nitrogens with zero attached hydrogens (tertiary/aromatic N) is 1. The van der Waals surface area contributed by atoms with Crippen LogP contribution in [0.4, 0.5) is 9.18 Å². The molecule has 0 heterocycles. The van der Waals surface area contributed by atoms with Crippen molar-refractivity contribution in [2.45, 2.75) is 39.4 Å². The van der Waals surface area contributed by atoms with E-state index in [-0.39, 0.29) is 31.0 Å². The molecular formula is C17H28FN3O2. The van der Waals surface area contributed by atoms with E-state index in [1.165, 1.54) is 6.07 Å². The minimum absolute atomic E-state index is 0.0978. The Labute approximate surface area is 137 Å². The normalized spacial score (nSPS) is 12.5. The topological polar surface area (TPSA) is 64.6 Å². The van der Waals surface area contributed by atoms with Gasteiger partial charge in [-0.1, -0.05) is 26.0 Å². The van der Waals surface area contributed by atoms with Gasteiger partial charge in [0.25, 0.3) is 0 Å². The summed E-state index contributed by atoms with van der Waals surface area (Å²) in [6.07, 6.45) is 0.706. The fourth-order valence-corrected chi connectivity index (χ4v) is 2.34. The molecular weight excluding hydrogens is 297 g/mol. The molecule has 0 radical (unpaired) electrons. The van der Waals surface area contributed by atoms with Gasteiger partial charge in [0.15, 0.2) is 0 Å². The lowest BCUT2D eigenvalue weighted by Crippen LogP contribution is -2.44. The number of urea groups is 1. The molecule has 0 aliphatic rings. The van der Waals surface area contributed by atoms with Crippen LogP contribution in [-0.2, 0) is 13.1 Å². The number of carbonyl (C=O) groups excluding carboxylic acids is 1. The third-order valence-electron chi connectivity index (χ3n) is 3.37. The average Bonchev–Trinajstić information content (AvgIpc) is 2.46. The molecule has 1 rings (SSSR count). The zero-order chi connectivity index (χ0) is 17.4. The summed E-state index contributed by atoms with van der Waals surface area (Å²) in [5.41, 5.74) is 1.32. The van der Waals surface area contributed by atoms with E-state index in [0.29, 0.717) is 30.0 Å². The summed E-state index contributed by atoms with van der Waals surface area (Å²) in [7, 11) is 3.77. The summed E-state index contributed by atoms with van der Waals surface area (Å²) in [4.78, 5) is 13.7. The summed E-state index contributed by atoms with van der Waals surface area (Å²) in [5, 5.41) is 14.7. The lowest BCUT2D eigenvalue weighted by atomic mass is 10.0. The predicted octanol–water partition coefficient (Wildman–Crippen LogP) is 2.09. The molecule has 0 spiro atoms. The number of aliphatic hydroxyl groups excluding tert-OH is 1. The van der Waals surface area contributed by atoms with Crippen molar-refractivity contribution in [3.63, 3.8) is 0 Å². The van der Waals surface area contributed by atoms with Gasteiger partial charge < -0.3 is 20.6 Å². The van der Waals surface area contributed by atoms with Crippen molar-refractivity contribution in [1.82, 2.24) is 15.5 Å². The van der Waals surface area contributed by atoms with Crippen molar-refractivity contribution in [2.24, 2.45) is 5.92 Å². The third kappa shape index (κ3) is 7.43. The fourth-order valence-electron chi connectivity index (χ4n) is 2.34. The first kappa shape index (κ1) is 19.4. The number of halogens is 1. The molecule has 6 heteroatoms. The van der Waals surface area contributed by atoms with E-state index < -0.39 is 0 Å². The molecule has 0 aliphatic carbocycles. The van der Waals surface area contributed by atoms with Crippen LogP contribution in [-0.4, -0.2) is 42.8 Å². The Morgan fingerprint density at radius 2 is 2.04 bits per heavy atom. The van der Waals surface area contributed by atoms with Gasteiger partial charge in [0.2, 0.25) is 0 Å². The molecule has 1 aromatic rings. The Bertz CT molecular complexity index is 507. The van der Waals surface area contributed by atoms with Crippen LogP contribution in [0.25, 0.3) is 0 Å². The molecule has 23 heavy (non-hydrogen) atoms. The van der Waals surface area contributed by atoms with Crippen LogP contribution in [0.5, 0.6) is 0 Å². The highest BCUT2D eigenvalue weighted by Gasteiger charge is 2.13. The van der Waals surface area contributed by atoms with Crippen LogP contribution >= 0.6 is 0 Å². The molecule has 5 nitrogen and oxygen atoms in total. The Balaban J connectivity index is 2.51. The largest absolute Gasteiger partial charge is 0.394 e. The van der Waals surface area contributed by atoms with Gasteiger partial charge in [-0.05, 0) is 38.1 Å². The van der Waals surface area contributed by atoms with Crippen LogP contribution in [0.2, 0.25) is 0 Å². The standard InChI is InChI=1S/C17H28FN3O2/c1-12(2)7-15(11-22)20-17(23)19-9-13-5-6-14(10-21(3)4)16(18)8-13/h5-6,8,12,15,22H,7,9-11H2,1-4H3,(H2,19,20,23). The first-order valence-electron chi connectivity index (χ1n) is 7.89. The van der Waals surface area contributed by atoms with Crippen molar-refractivity contribution in [3.8, 4) is 0 Å². The summed E-state index contributed by atoms with van der Waals surface area (Å²) in [6, 6.07) is 4.35. The summed E-state index contributed by atoms with van der Waals surface area (Å²) in [5.74, 6) is 0.109. The van der Waals surface area contributed by atoms with E-state index in [9.17, 15) is 14.3 Å². The highest BCUT2D eigenvalue weighted by Crippen LogP contribution is 2.12. The summed E-state index contributed by atoms with van der Waals surface area (Å²) < 4.78 is 14.0. The van der Waals surface area contributed by atoms with Gasteiger partial charge >= 0.3 is 6.03 Å². The second-order valence-electron chi connectivity index (χ2n) is 6.50. The molecule has 0 fully saturated rings. The predicted molar refractivity (Wildman–Crippen MR) is 89.5 cm³/mol. The number of nitrogens with one attached hydrogen (secondary N) is 2. The maximum absolute atomic E-state index is 14.0. The number of hydrogen-bond donors (Lipinski definition) is 3. The van der Waals surface area contributed by atoms with E-state index in [1.807, 2.05) is 32.8 Å². The molecule has 1 aromatic carbocycles. The minimum Gasteiger partial charge on any atom is -0.394 e. The number of hydrogen-bond acceptors (Lipinski definition) is 3. The number of amides is 2. The maximum atomic E-state index is 14.0. The van der Waals surface area contributed by atoms with Crippen LogP contribution in [0.15, 0.2) is 18.2 Å². The zero-order valence-electron chi connectivity index (χ0n) is 14.4. The molecule has 0 saturated heterocycles. The smallest absolute Gasteiger partial charge is 0.315 e. The molecule has 0 aromatic heterocycles. The Morgan fingerprint density at radius 1 is 1.35 bits per heavy atom. The fraction of sp³-hybridized carbons (Fsp3) is 0.588. The summed E-state index contributed by atoms with van der Waals surface area (Å²) in [6.45, 7) is 4.73.